The minimum Gasteiger partial charge on any atom is -0.465 e. The van der Waals surface area contributed by atoms with E-state index >= 15 is 0 Å². The van der Waals surface area contributed by atoms with Gasteiger partial charge in [-0.25, -0.2) is 0 Å². The van der Waals surface area contributed by atoms with E-state index in [0.29, 0.717) is 31.8 Å². The third kappa shape index (κ3) is 2.20. The van der Waals surface area contributed by atoms with Gasteiger partial charge in [0.05, 0.1) is 13.2 Å². The Balaban J connectivity index is 2.23. The van der Waals surface area contributed by atoms with Crippen LogP contribution in [0.3, 0.4) is 0 Å². The van der Waals surface area contributed by atoms with Crippen molar-refractivity contribution in [1.29, 1.82) is 0 Å². The number of esters is 1. The summed E-state index contributed by atoms with van der Waals surface area (Å²) in [6, 6.07) is 0. The molecule has 2 heterocycles. The highest BCUT2D eigenvalue weighted by molar-refractivity contribution is 7.99. The van der Waals surface area contributed by atoms with E-state index in [2.05, 4.69) is 0 Å². The molecule has 2 fully saturated rings. The molecule has 0 spiro atoms. The number of hydrogen-bond donors (Lipinski definition) is 1. The first-order valence-corrected chi connectivity index (χ1v) is 7.35. The summed E-state index contributed by atoms with van der Waals surface area (Å²) in [5, 5.41) is 10.8. The zero-order chi connectivity index (χ0) is 12.4. The summed E-state index contributed by atoms with van der Waals surface area (Å²) in [6.45, 7) is 3.10. The van der Waals surface area contributed by atoms with Crippen LogP contribution in [-0.4, -0.2) is 48.0 Å². The van der Waals surface area contributed by atoms with E-state index in [9.17, 15) is 9.90 Å². The molecule has 2 aliphatic heterocycles. The van der Waals surface area contributed by atoms with Gasteiger partial charge in [-0.2, -0.15) is 11.8 Å². The molecule has 2 saturated heterocycles. The molecule has 4 nitrogen and oxygen atoms in total. The van der Waals surface area contributed by atoms with E-state index < -0.39 is 11.0 Å². The number of rotatable bonds is 3. The van der Waals surface area contributed by atoms with E-state index in [1.54, 1.807) is 18.7 Å². The third-order valence-corrected chi connectivity index (χ3v) is 4.99. The maximum Gasteiger partial charge on any atom is 0.315 e. The Hall–Kier alpha value is -0.260. The zero-order valence-corrected chi connectivity index (χ0v) is 11.1. The number of ether oxygens (including phenoxy) is 2. The molecule has 0 aromatic rings. The molecule has 0 radical (unpaired) electrons. The summed E-state index contributed by atoms with van der Waals surface area (Å²) in [4.78, 5) is 12.2. The van der Waals surface area contributed by atoms with Crippen LogP contribution in [0, 0.1) is 5.41 Å². The number of carbonyl (C=O) groups excluding carboxylic acids is 1. The summed E-state index contributed by atoms with van der Waals surface area (Å²) in [5.74, 6) is 1.30. The Morgan fingerprint density at radius 1 is 1.53 bits per heavy atom. The zero-order valence-electron chi connectivity index (χ0n) is 10.2. The van der Waals surface area contributed by atoms with Crippen molar-refractivity contribution in [1.82, 2.24) is 0 Å². The molecular weight excluding hydrogens is 240 g/mol. The van der Waals surface area contributed by atoms with Gasteiger partial charge in [0.15, 0.2) is 0 Å². The first-order chi connectivity index (χ1) is 8.15. The lowest BCUT2D eigenvalue weighted by Crippen LogP contribution is -2.58. The molecule has 0 aromatic heterocycles. The molecule has 0 saturated carbocycles. The van der Waals surface area contributed by atoms with Crippen molar-refractivity contribution in [3.8, 4) is 0 Å². The van der Waals surface area contributed by atoms with E-state index in [4.69, 9.17) is 9.47 Å². The molecule has 2 unspecified atom stereocenters. The maximum absolute atomic E-state index is 12.2. The second-order valence-electron chi connectivity index (χ2n) is 4.79. The lowest BCUT2D eigenvalue weighted by atomic mass is 9.68. The third-order valence-electron chi connectivity index (χ3n) is 3.80. The van der Waals surface area contributed by atoms with Crippen molar-refractivity contribution in [2.45, 2.75) is 31.8 Å². The second kappa shape index (κ2) is 5.16. The van der Waals surface area contributed by atoms with Crippen LogP contribution in [0.25, 0.3) is 0 Å². The van der Waals surface area contributed by atoms with Crippen molar-refractivity contribution in [3.63, 3.8) is 0 Å². The minimum atomic E-state index is -1.04. The Morgan fingerprint density at radius 2 is 2.35 bits per heavy atom. The summed E-state index contributed by atoms with van der Waals surface area (Å²) < 4.78 is 10.6. The van der Waals surface area contributed by atoms with Gasteiger partial charge >= 0.3 is 5.97 Å². The van der Waals surface area contributed by atoms with E-state index in [1.807, 2.05) is 0 Å². The van der Waals surface area contributed by atoms with Crippen LogP contribution >= 0.6 is 11.8 Å². The van der Waals surface area contributed by atoms with Gasteiger partial charge in [-0.15, -0.1) is 0 Å². The fourth-order valence-electron chi connectivity index (χ4n) is 2.71. The normalized spacial score (nSPS) is 38.0. The molecule has 0 aliphatic carbocycles. The van der Waals surface area contributed by atoms with E-state index in [0.717, 1.165) is 12.2 Å². The van der Waals surface area contributed by atoms with Gasteiger partial charge in [0.1, 0.15) is 11.0 Å². The van der Waals surface area contributed by atoms with Gasteiger partial charge in [0, 0.05) is 12.4 Å². The predicted molar refractivity (Wildman–Crippen MR) is 66.0 cm³/mol. The molecule has 1 N–H and O–H groups in total. The largest absolute Gasteiger partial charge is 0.465 e. The maximum atomic E-state index is 12.2. The number of carbonyl (C=O) groups is 1. The average molecular weight is 260 g/mol. The van der Waals surface area contributed by atoms with Gasteiger partial charge in [-0.1, -0.05) is 0 Å². The lowest BCUT2D eigenvalue weighted by molar-refractivity contribution is -0.190. The standard InChI is InChI=1S/C12H20O4S/c1-2-16-10(13)11(5-7-17-9-11)12(14)4-3-6-15-8-12/h14H,2-9H2,1H3. The Bertz CT molecular complexity index is 280. The van der Waals surface area contributed by atoms with Crippen molar-refractivity contribution in [2.24, 2.45) is 5.41 Å². The first-order valence-electron chi connectivity index (χ1n) is 6.20. The SMILES string of the molecule is CCOC(=O)C1(C2(O)CCCOC2)CCSC1. The molecular formula is C12H20O4S. The van der Waals surface area contributed by atoms with Gasteiger partial charge in [0.25, 0.3) is 0 Å². The minimum absolute atomic E-state index is 0.252. The fraction of sp³-hybridized carbons (Fsp3) is 0.917. The van der Waals surface area contributed by atoms with Gasteiger partial charge in [0.2, 0.25) is 0 Å². The van der Waals surface area contributed by atoms with Crippen LogP contribution in [0.1, 0.15) is 26.2 Å². The predicted octanol–water partition coefficient (Wildman–Crippen LogP) is 1.21. The first kappa shape index (κ1) is 13.2. The summed E-state index contributed by atoms with van der Waals surface area (Å²) in [6.07, 6.45) is 2.13. The molecule has 17 heavy (non-hydrogen) atoms. The molecule has 2 aliphatic rings. The van der Waals surface area contributed by atoms with Crippen molar-refractivity contribution >= 4 is 17.7 Å². The molecule has 2 rings (SSSR count). The molecule has 0 bridgehead atoms. The van der Waals surface area contributed by atoms with Crippen LogP contribution in [-0.2, 0) is 14.3 Å². The second-order valence-corrected chi connectivity index (χ2v) is 5.90. The lowest BCUT2D eigenvalue weighted by Gasteiger charge is -2.44. The monoisotopic (exact) mass is 260 g/mol. The Labute approximate surface area is 106 Å². The Kier molecular flexibility index (Phi) is 4.00. The van der Waals surface area contributed by atoms with Crippen LogP contribution in [0.15, 0.2) is 0 Å². The quantitative estimate of drug-likeness (QED) is 0.773. The molecule has 5 heteroatoms. The van der Waals surface area contributed by atoms with E-state index in [1.165, 1.54) is 0 Å². The number of thioether (sulfide) groups is 1. The smallest absolute Gasteiger partial charge is 0.315 e. The van der Waals surface area contributed by atoms with E-state index in [-0.39, 0.29) is 12.6 Å². The van der Waals surface area contributed by atoms with Gasteiger partial charge in [-0.3, -0.25) is 4.79 Å². The van der Waals surface area contributed by atoms with Crippen LogP contribution in [0.4, 0.5) is 0 Å². The van der Waals surface area contributed by atoms with Crippen LogP contribution < -0.4 is 0 Å². The Morgan fingerprint density at radius 3 is 2.88 bits per heavy atom. The molecule has 0 amide bonds. The number of hydrogen-bond acceptors (Lipinski definition) is 5. The number of aliphatic hydroxyl groups is 1. The van der Waals surface area contributed by atoms with Crippen LogP contribution in [0.5, 0.6) is 0 Å². The topological polar surface area (TPSA) is 55.8 Å². The summed E-state index contributed by atoms with van der Waals surface area (Å²) in [5.41, 5.74) is -1.80. The summed E-state index contributed by atoms with van der Waals surface area (Å²) >= 11 is 1.71. The highest BCUT2D eigenvalue weighted by Gasteiger charge is 2.58. The highest BCUT2D eigenvalue weighted by atomic mass is 32.2. The average Bonchev–Trinajstić information content (AvgIpc) is 2.81. The van der Waals surface area contributed by atoms with Crippen molar-refractivity contribution in [3.05, 3.63) is 0 Å². The van der Waals surface area contributed by atoms with Gasteiger partial charge < -0.3 is 14.6 Å². The summed E-state index contributed by atoms with van der Waals surface area (Å²) in [7, 11) is 0. The van der Waals surface area contributed by atoms with Crippen molar-refractivity contribution < 1.29 is 19.4 Å². The van der Waals surface area contributed by atoms with Crippen molar-refractivity contribution in [2.75, 3.05) is 31.3 Å². The van der Waals surface area contributed by atoms with Gasteiger partial charge in [-0.05, 0) is 31.9 Å². The fourth-order valence-corrected chi connectivity index (χ4v) is 4.23. The molecule has 2 atom stereocenters. The molecule has 98 valence electrons. The highest BCUT2D eigenvalue weighted by Crippen LogP contribution is 2.48. The van der Waals surface area contributed by atoms with Crippen LogP contribution in [0.2, 0.25) is 0 Å². The molecule has 0 aromatic carbocycles.